The summed E-state index contributed by atoms with van der Waals surface area (Å²) in [5, 5.41) is 9.49. The number of pyridine rings is 1. The van der Waals surface area contributed by atoms with E-state index in [9.17, 15) is 9.90 Å². The van der Waals surface area contributed by atoms with Crippen LogP contribution in [-0.4, -0.2) is 47.6 Å². The standard InChI is InChI=1S/C16H25N5O2/c1-9-6-13(16(23)20-11(3)17)15(19-10(9)2)21-5-4-14(18)12(7-21)8-22/h6,12,14,22H,4-5,7-8,18H2,1-3H3,(H2,17,20,23). The number of carbonyl (C=O) groups excluding carboxylic acids is 1. The number of aryl methyl sites for hydroxylation is 2. The van der Waals surface area contributed by atoms with Crippen molar-refractivity contribution < 1.29 is 9.90 Å². The van der Waals surface area contributed by atoms with E-state index in [4.69, 9.17) is 11.5 Å². The number of aromatic nitrogens is 1. The quantitative estimate of drug-likeness (QED) is 0.547. The second-order valence-electron chi connectivity index (χ2n) is 6.16. The fourth-order valence-corrected chi connectivity index (χ4v) is 2.75. The van der Waals surface area contributed by atoms with E-state index in [1.807, 2.05) is 18.7 Å². The van der Waals surface area contributed by atoms with Crippen LogP contribution in [0, 0.1) is 19.8 Å². The molecule has 0 bridgehead atoms. The molecule has 5 N–H and O–H groups in total. The van der Waals surface area contributed by atoms with Crippen LogP contribution in [0.2, 0.25) is 0 Å². The molecular formula is C16H25N5O2. The van der Waals surface area contributed by atoms with Crippen LogP contribution in [0.1, 0.15) is 35.0 Å². The van der Waals surface area contributed by atoms with Gasteiger partial charge in [0.25, 0.3) is 5.91 Å². The number of amidine groups is 1. The maximum absolute atomic E-state index is 12.4. The van der Waals surface area contributed by atoms with Crippen LogP contribution >= 0.6 is 0 Å². The molecule has 7 heteroatoms. The number of nitrogens with zero attached hydrogens (tertiary/aromatic N) is 3. The van der Waals surface area contributed by atoms with Gasteiger partial charge in [0.2, 0.25) is 0 Å². The van der Waals surface area contributed by atoms with Crippen molar-refractivity contribution in [2.75, 3.05) is 24.6 Å². The highest BCUT2D eigenvalue weighted by Gasteiger charge is 2.29. The number of piperidine rings is 1. The maximum Gasteiger partial charge on any atom is 0.282 e. The van der Waals surface area contributed by atoms with Crippen molar-refractivity contribution in [3.63, 3.8) is 0 Å². The monoisotopic (exact) mass is 319 g/mol. The second kappa shape index (κ2) is 7.06. The molecule has 0 spiro atoms. The smallest absolute Gasteiger partial charge is 0.282 e. The summed E-state index contributed by atoms with van der Waals surface area (Å²) < 4.78 is 0. The van der Waals surface area contributed by atoms with E-state index in [1.54, 1.807) is 13.0 Å². The minimum absolute atomic E-state index is 0.0197. The van der Waals surface area contributed by atoms with Crippen LogP contribution in [0.5, 0.6) is 0 Å². The summed E-state index contributed by atoms with van der Waals surface area (Å²) in [7, 11) is 0. The van der Waals surface area contributed by atoms with Crippen molar-refractivity contribution in [3.05, 3.63) is 22.9 Å². The molecule has 0 aromatic carbocycles. The Balaban J connectivity index is 2.42. The van der Waals surface area contributed by atoms with Gasteiger partial charge in [0, 0.05) is 37.4 Å². The maximum atomic E-state index is 12.4. The fraction of sp³-hybridized carbons (Fsp3) is 0.562. The van der Waals surface area contributed by atoms with Gasteiger partial charge >= 0.3 is 0 Å². The summed E-state index contributed by atoms with van der Waals surface area (Å²) in [4.78, 5) is 22.8. The summed E-state index contributed by atoms with van der Waals surface area (Å²) in [6.45, 7) is 6.67. The highest BCUT2D eigenvalue weighted by atomic mass is 16.3. The number of amides is 1. The third-order valence-electron chi connectivity index (χ3n) is 4.28. The molecule has 1 saturated heterocycles. The molecule has 23 heavy (non-hydrogen) atoms. The predicted octanol–water partition coefficient (Wildman–Crippen LogP) is 0.362. The summed E-state index contributed by atoms with van der Waals surface area (Å²) in [6, 6.07) is 1.76. The van der Waals surface area contributed by atoms with Crippen LogP contribution in [0.3, 0.4) is 0 Å². The molecular weight excluding hydrogens is 294 g/mol. The van der Waals surface area contributed by atoms with Crippen molar-refractivity contribution in [2.24, 2.45) is 22.4 Å². The molecule has 0 radical (unpaired) electrons. The Morgan fingerprint density at radius 3 is 2.83 bits per heavy atom. The van der Waals surface area contributed by atoms with Crippen LogP contribution < -0.4 is 16.4 Å². The first-order valence-corrected chi connectivity index (χ1v) is 7.78. The Labute approximate surface area is 136 Å². The zero-order chi connectivity index (χ0) is 17.1. The van der Waals surface area contributed by atoms with Gasteiger partial charge in [-0.25, -0.2) is 4.98 Å². The SMILES string of the molecule is CC(N)=NC(=O)c1cc(C)c(C)nc1N1CCC(N)C(CO)C1. The molecule has 1 fully saturated rings. The van der Waals surface area contributed by atoms with E-state index < -0.39 is 5.91 Å². The predicted molar refractivity (Wildman–Crippen MR) is 90.7 cm³/mol. The van der Waals surface area contributed by atoms with Crippen molar-refractivity contribution in [3.8, 4) is 0 Å². The molecule has 1 aliphatic heterocycles. The molecule has 1 aromatic rings. The van der Waals surface area contributed by atoms with Crippen molar-refractivity contribution in [1.82, 2.24) is 4.98 Å². The van der Waals surface area contributed by atoms with Gasteiger partial charge in [-0.05, 0) is 38.8 Å². The Morgan fingerprint density at radius 2 is 2.22 bits per heavy atom. The zero-order valence-corrected chi connectivity index (χ0v) is 13.9. The van der Waals surface area contributed by atoms with Gasteiger partial charge in [-0.1, -0.05) is 0 Å². The van der Waals surface area contributed by atoms with Crippen LogP contribution in [0.15, 0.2) is 11.1 Å². The summed E-state index contributed by atoms with van der Waals surface area (Å²) in [5.41, 5.74) is 13.8. The Bertz CT molecular complexity index is 625. The zero-order valence-electron chi connectivity index (χ0n) is 13.9. The fourth-order valence-electron chi connectivity index (χ4n) is 2.75. The molecule has 2 atom stereocenters. The lowest BCUT2D eigenvalue weighted by atomic mass is 9.93. The Hall–Kier alpha value is -1.99. The van der Waals surface area contributed by atoms with Crippen molar-refractivity contribution in [1.29, 1.82) is 0 Å². The average molecular weight is 319 g/mol. The molecule has 126 valence electrons. The molecule has 2 unspecified atom stereocenters. The molecule has 2 rings (SSSR count). The number of hydrogen-bond donors (Lipinski definition) is 3. The van der Waals surface area contributed by atoms with Gasteiger partial charge in [0.15, 0.2) is 0 Å². The lowest BCUT2D eigenvalue weighted by molar-refractivity contribution is 0.100. The number of aliphatic hydroxyl groups excluding tert-OH is 1. The second-order valence-corrected chi connectivity index (χ2v) is 6.16. The number of aliphatic hydroxyl groups is 1. The average Bonchev–Trinajstić information content (AvgIpc) is 2.49. The van der Waals surface area contributed by atoms with Crippen LogP contribution in [0.4, 0.5) is 5.82 Å². The number of rotatable bonds is 3. The molecule has 1 aliphatic rings. The van der Waals surface area contributed by atoms with Gasteiger partial charge in [0.1, 0.15) is 11.7 Å². The van der Waals surface area contributed by atoms with Crippen LogP contribution in [-0.2, 0) is 0 Å². The minimum Gasteiger partial charge on any atom is -0.396 e. The first kappa shape index (κ1) is 17.4. The molecule has 0 aliphatic carbocycles. The summed E-state index contributed by atoms with van der Waals surface area (Å²) >= 11 is 0. The first-order valence-electron chi connectivity index (χ1n) is 7.78. The van der Waals surface area contributed by atoms with E-state index >= 15 is 0 Å². The molecule has 1 amide bonds. The third kappa shape index (κ3) is 3.86. The minimum atomic E-state index is -0.397. The third-order valence-corrected chi connectivity index (χ3v) is 4.28. The Kier molecular flexibility index (Phi) is 5.33. The molecule has 1 aromatic heterocycles. The number of anilines is 1. The number of nitrogens with two attached hydrogens (primary N) is 2. The van der Waals surface area contributed by atoms with Crippen molar-refractivity contribution >= 4 is 17.6 Å². The number of aliphatic imine (C=N–C) groups is 1. The van der Waals surface area contributed by atoms with E-state index in [2.05, 4.69) is 9.98 Å². The lowest BCUT2D eigenvalue weighted by Gasteiger charge is -2.37. The normalized spacial score (nSPS) is 22.3. The lowest BCUT2D eigenvalue weighted by Crippen LogP contribution is -2.49. The Morgan fingerprint density at radius 1 is 1.52 bits per heavy atom. The van der Waals surface area contributed by atoms with E-state index in [-0.39, 0.29) is 24.4 Å². The van der Waals surface area contributed by atoms with Gasteiger partial charge in [-0.3, -0.25) is 4.79 Å². The van der Waals surface area contributed by atoms with E-state index in [0.29, 0.717) is 24.5 Å². The van der Waals surface area contributed by atoms with Gasteiger partial charge in [0.05, 0.1) is 5.56 Å². The summed E-state index contributed by atoms with van der Waals surface area (Å²) in [6.07, 6.45) is 0.743. The van der Waals surface area contributed by atoms with Gasteiger partial charge < -0.3 is 21.5 Å². The van der Waals surface area contributed by atoms with E-state index in [1.165, 1.54) is 0 Å². The largest absolute Gasteiger partial charge is 0.396 e. The van der Waals surface area contributed by atoms with Gasteiger partial charge in [-0.15, -0.1) is 0 Å². The molecule has 2 heterocycles. The topological polar surface area (TPSA) is 118 Å². The van der Waals surface area contributed by atoms with Crippen LogP contribution in [0.25, 0.3) is 0 Å². The molecule has 0 saturated carbocycles. The summed E-state index contributed by atoms with van der Waals surface area (Å²) in [5.74, 6) is 0.377. The van der Waals surface area contributed by atoms with Gasteiger partial charge in [-0.2, -0.15) is 4.99 Å². The van der Waals surface area contributed by atoms with E-state index in [0.717, 1.165) is 17.7 Å². The first-order chi connectivity index (χ1) is 10.8. The van der Waals surface area contributed by atoms with Crippen molar-refractivity contribution in [2.45, 2.75) is 33.2 Å². The highest BCUT2D eigenvalue weighted by Crippen LogP contribution is 2.26. The highest BCUT2D eigenvalue weighted by molar-refractivity contribution is 6.05. The molecule has 7 nitrogen and oxygen atoms in total. The number of carbonyl (C=O) groups is 1. The number of hydrogen-bond acceptors (Lipinski definition) is 5.